The van der Waals surface area contributed by atoms with Gasteiger partial charge < -0.3 is 14.0 Å². The molecule has 1 aliphatic carbocycles. The van der Waals surface area contributed by atoms with Crippen molar-refractivity contribution in [2.75, 3.05) is 31.2 Å². The van der Waals surface area contributed by atoms with Gasteiger partial charge in [-0.1, -0.05) is 0 Å². The summed E-state index contributed by atoms with van der Waals surface area (Å²) in [6.07, 6.45) is 6.66. The highest BCUT2D eigenvalue weighted by Gasteiger charge is 2.27. The Morgan fingerprint density at radius 2 is 1.95 bits per heavy atom. The van der Waals surface area contributed by atoms with Crippen LogP contribution in [0.1, 0.15) is 24.5 Å². The lowest BCUT2D eigenvalue weighted by atomic mass is 10.3. The van der Waals surface area contributed by atoms with Crippen LogP contribution in [0.5, 0.6) is 0 Å². The molecular weight excluding hydrogens is 308 g/mol. The average molecular weight is 323 g/mol. The quantitative estimate of drug-likeness (QED) is 0.850. The topological polar surface area (TPSA) is 42.7 Å². The van der Waals surface area contributed by atoms with Crippen LogP contribution in [0.2, 0.25) is 0 Å². The van der Waals surface area contributed by atoms with Crippen LogP contribution in [-0.4, -0.2) is 40.7 Å². The Kier molecular flexibility index (Phi) is 2.73. The molecule has 0 radical (unpaired) electrons. The number of hydrogen-bond acceptors (Lipinski definition) is 4. The Morgan fingerprint density at radius 1 is 1.16 bits per heavy atom. The van der Waals surface area contributed by atoms with Crippen LogP contribution in [-0.2, 0) is 4.74 Å². The van der Waals surface area contributed by atoms with Crippen LogP contribution in [0.25, 0.3) is 5.65 Å². The van der Waals surface area contributed by atoms with E-state index < -0.39 is 0 Å². The molecule has 4 rings (SSSR count). The summed E-state index contributed by atoms with van der Waals surface area (Å²) in [4.78, 5) is 11.7. The van der Waals surface area contributed by atoms with E-state index in [4.69, 9.17) is 9.72 Å². The molecule has 2 aliphatic rings. The number of imidazole rings is 1. The fourth-order valence-corrected chi connectivity index (χ4v) is 2.92. The van der Waals surface area contributed by atoms with Crippen molar-refractivity contribution in [3.8, 4) is 0 Å². The number of fused-ring (bicyclic) bond motifs is 1. The Morgan fingerprint density at radius 3 is 2.68 bits per heavy atom. The van der Waals surface area contributed by atoms with E-state index in [9.17, 15) is 0 Å². The lowest BCUT2D eigenvalue weighted by Crippen LogP contribution is -2.37. The van der Waals surface area contributed by atoms with Crippen molar-refractivity contribution in [3.05, 3.63) is 22.7 Å². The minimum atomic E-state index is 0.663. The molecule has 0 N–H and O–H groups in total. The predicted octanol–water partition coefficient (Wildman–Crippen LogP) is 2.21. The summed E-state index contributed by atoms with van der Waals surface area (Å²) in [5.74, 6) is 1.63. The first-order valence-corrected chi connectivity index (χ1v) is 7.48. The van der Waals surface area contributed by atoms with E-state index in [1.165, 1.54) is 18.5 Å². The largest absolute Gasteiger partial charge is 0.378 e. The summed E-state index contributed by atoms with van der Waals surface area (Å²) in [6.45, 7) is 3.28. The number of nitrogens with zero attached hydrogens (tertiary/aromatic N) is 4. The third kappa shape index (κ3) is 2.12. The summed E-state index contributed by atoms with van der Waals surface area (Å²) in [7, 11) is 0. The first kappa shape index (κ1) is 11.7. The fraction of sp³-hybridized carbons (Fsp3) is 0.538. The van der Waals surface area contributed by atoms with Crippen molar-refractivity contribution in [1.29, 1.82) is 0 Å². The van der Waals surface area contributed by atoms with Crippen LogP contribution in [0.15, 0.2) is 17.0 Å². The number of aromatic nitrogens is 3. The molecule has 100 valence electrons. The van der Waals surface area contributed by atoms with Crippen molar-refractivity contribution >= 4 is 27.4 Å². The van der Waals surface area contributed by atoms with Crippen molar-refractivity contribution in [2.45, 2.75) is 18.8 Å². The summed E-state index contributed by atoms with van der Waals surface area (Å²) in [5, 5.41) is 0. The lowest BCUT2D eigenvalue weighted by molar-refractivity contribution is 0.122. The number of ether oxygens (including phenoxy) is 1. The van der Waals surface area contributed by atoms with Crippen LogP contribution in [0.4, 0.5) is 5.82 Å². The monoisotopic (exact) mass is 322 g/mol. The van der Waals surface area contributed by atoms with Crippen LogP contribution in [0, 0.1) is 0 Å². The molecule has 0 spiro atoms. The van der Waals surface area contributed by atoms with Gasteiger partial charge in [-0.3, -0.25) is 0 Å². The second kappa shape index (κ2) is 4.45. The average Bonchev–Trinajstić information content (AvgIpc) is 3.19. The Hall–Kier alpha value is -1.14. The highest BCUT2D eigenvalue weighted by molar-refractivity contribution is 9.10. The van der Waals surface area contributed by atoms with Crippen molar-refractivity contribution in [1.82, 2.24) is 14.4 Å². The van der Waals surface area contributed by atoms with Crippen LogP contribution in [0.3, 0.4) is 0 Å². The van der Waals surface area contributed by atoms with E-state index in [0.29, 0.717) is 5.92 Å². The molecule has 3 heterocycles. The highest BCUT2D eigenvalue weighted by Crippen LogP contribution is 2.40. The van der Waals surface area contributed by atoms with E-state index >= 15 is 0 Å². The summed E-state index contributed by atoms with van der Waals surface area (Å²) < 4.78 is 8.35. The van der Waals surface area contributed by atoms with Gasteiger partial charge >= 0.3 is 0 Å². The SMILES string of the molecule is Brc1cn2cc(C3CC3)nc2c(N2CCOCC2)n1. The van der Waals surface area contributed by atoms with E-state index in [1.54, 1.807) is 0 Å². The molecule has 6 heteroatoms. The molecule has 0 unspecified atom stereocenters. The molecular formula is C13H15BrN4O. The maximum atomic E-state index is 5.41. The Balaban J connectivity index is 1.82. The maximum absolute atomic E-state index is 5.41. The molecule has 1 saturated carbocycles. The van der Waals surface area contributed by atoms with Gasteiger partial charge in [0.25, 0.3) is 0 Å². The van der Waals surface area contributed by atoms with Gasteiger partial charge in [0, 0.05) is 31.4 Å². The third-order valence-corrected chi connectivity index (χ3v) is 4.10. The molecule has 0 atom stereocenters. The van der Waals surface area contributed by atoms with Gasteiger partial charge in [-0.2, -0.15) is 0 Å². The molecule has 19 heavy (non-hydrogen) atoms. The van der Waals surface area contributed by atoms with Gasteiger partial charge in [0.2, 0.25) is 0 Å². The first-order chi connectivity index (χ1) is 9.31. The van der Waals surface area contributed by atoms with E-state index in [2.05, 4.69) is 36.4 Å². The third-order valence-electron chi connectivity index (χ3n) is 3.72. The van der Waals surface area contributed by atoms with Crippen molar-refractivity contribution in [3.63, 3.8) is 0 Å². The van der Waals surface area contributed by atoms with Gasteiger partial charge in [0.05, 0.1) is 18.9 Å². The van der Waals surface area contributed by atoms with Gasteiger partial charge in [0.15, 0.2) is 11.5 Å². The second-order valence-electron chi connectivity index (χ2n) is 5.16. The number of morpholine rings is 1. The maximum Gasteiger partial charge on any atom is 0.180 e. The summed E-state index contributed by atoms with van der Waals surface area (Å²) in [6, 6.07) is 0. The second-order valence-corrected chi connectivity index (χ2v) is 5.97. The van der Waals surface area contributed by atoms with Gasteiger partial charge in [-0.25, -0.2) is 9.97 Å². The molecule has 0 aromatic carbocycles. The van der Waals surface area contributed by atoms with Crippen molar-refractivity contribution in [2.24, 2.45) is 0 Å². The standard InChI is InChI=1S/C13H15BrN4O/c14-11-8-18-7-10(9-1-2-9)15-12(18)13(16-11)17-3-5-19-6-4-17/h7-9H,1-6H2. The zero-order valence-electron chi connectivity index (χ0n) is 10.5. The fourth-order valence-electron chi connectivity index (χ4n) is 2.53. The number of hydrogen-bond donors (Lipinski definition) is 0. The number of halogens is 1. The van der Waals surface area contributed by atoms with E-state index in [-0.39, 0.29) is 0 Å². The normalized spacial score (nSPS) is 20.2. The molecule has 5 nitrogen and oxygen atoms in total. The molecule has 1 aliphatic heterocycles. The number of rotatable bonds is 2. The number of anilines is 1. The van der Waals surface area contributed by atoms with Crippen molar-refractivity contribution < 1.29 is 4.74 Å². The van der Waals surface area contributed by atoms with Crippen LogP contribution < -0.4 is 4.90 Å². The summed E-state index contributed by atoms with van der Waals surface area (Å²) in [5.41, 5.74) is 2.17. The summed E-state index contributed by atoms with van der Waals surface area (Å²) >= 11 is 3.49. The molecule has 2 fully saturated rings. The van der Waals surface area contributed by atoms with Gasteiger partial charge in [-0.15, -0.1) is 0 Å². The van der Waals surface area contributed by atoms with Crippen LogP contribution >= 0.6 is 15.9 Å². The molecule has 0 amide bonds. The molecule has 1 saturated heterocycles. The zero-order valence-corrected chi connectivity index (χ0v) is 12.1. The van der Waals surface area contributed by atoms with Gasteiger partial charge in [0.1, 0.15) is 4.60 Å². The molecule has 2 aromatic rings. The minimum absolute atomic E-state index is 0.663. The van der Waals surface area contributed by atoms with E-state index in [0.717, 1.165) is 42.4 Å². The van der Waals surface area contributed by atoms with E-state index in [1.807, 2.05) is 6.20 Å². The predicted molar refractivity (Wildman–Crippen MR) is 75.7 cm³/mol. The Labute approximate surface area is 119 Å². The minimum Gasteiger partial charge on any atom is -0.378 e. The Bertz CT molecular complexity index is 616. The zero-order chi connectivity index (χ0) is 12.8. The smallest absolute Gasteiger partial charge is 0.180 e. The highest BCUT2D eigenvalue weighted by atomic mass is 79.9. The van der Waals surface area contributed by atoms with Gasteiger partial charge in [-0.05, 0) is 28.8 Å². The molecule has 0 bridgehead atoms. The lowest BCUT2D eigenvalue weighted by Gasteiger charge is -2.27. The molecule has 2 aromatic heterocycles. The first-order valence-electron chi connectivity index (χ1n) is 6.69.